The molecule has 2 fully saturated rings. The van der Waals surface area contributed by atoms with Crippen molar-refractivity contribution in [2.24, 2.45) is 5.92 Å². The van der Waals surface area contributed by atoms with Crippen LogP contribution >= 0.6 is 0 Å². The summed E-state index contributed by atoms with van der Waals surface area (Å²) in [6.07, 6.45) is 3.14. The summed E-state index contributed by atoms with van der Waals surface area (Å²) in [5.41, 5.74) is 1.92. The molecule has 2 heterocycles. The van der Waals surface area contributed by atoms with Crippen LogP contribution in [-0.2, 0) is 14.4 Å². The van der Waals surface area contributed by atoms with Gasteiger partial charge in [0.15, 0.2) is 5.78 Å². The minimum atomic E-state index is -0.332. The maximum absolute atomic E-state index is 12.9. The molecule has 3 aliphatic rings. The first kappa shape index (κ1) is 21.9. The van der Waals surface area contributed by atoms with Crippen LogP contribution in [-0.4, -0.2) is 67.7 Å². The molecule has 2 amide bonds. The molecule has 0 radical (unpaired) electrons. The lowest BCUT2D eigenvalue weighted by molar-refractivity contribution is -0.144. The highest BCUT2D eigenvalue weighted by molar-refractivity contribution is 6.03. The number of ketones is 1. The number of hydrogen-bond donors (Lipinski definition) is 0. The molecular weight excluding hydrogens is 406 g/mol. The van der Waals surface area contributed by atoms with Crippen LogP contribution in [0.25, 0.3) is 0 Å². The van der Waals surface area contributed by atoms with Crippen molar-refractivity contribution >= 4 is 29.0 Å². The summed E-state index contributed by atoms with van der Waals surface area (Å²) >= 11 is 0. The highest BCUT2D eigenvalue weighted by Gasteiger charge is 2.33. The number of rotatable bonds is 5. The predicted molar refractivity (Wildman–Crippen MR) is 121 cm³/mol. The second-order valence-electron chi connectivity index (χ2n) is 8.67. The van der Waals surface area contributed by atoms with Crippen LogP contribution < -0.4 is 9.80 Å². The van der Waals surface area contributed by atoms with Gasteiger partial charge in [-0.15, -0.1) is 0 Å². The SMILES string of the molecule is CN1C(=C(C#N)C(=O)CCC(=O)N2CCN(C(=O)C3CCC3)CC2)N(C)c2ccccc21. The molecule has 0 unspecified atom stereocenters. The van der Waals surface area contributed by atoms with Crippen LogP contribution in [0.5, 0.6) is 0 Å². The van der Waals surface area contributed by atoms with Crippen molar-refractivity contribution in [3.05, 3.63) is 35.7 Å². The number of para-hydroxylation sites is 2. The Labute approximate surface area is 188 Å². The van der Waals surface area contributed by atoms with E-state index in [1.807, 2.05) is 53.1 Å². The minimum Gasteiger partial charge on any atom is -0.339 e. The van der Waals surface area contributed by atoms with E-state index in [0.717, 1.165) is 30.6 Å². The van der Waals surface area contributed by atoms with E-state index in [9.17, 15) is 19.6 Å². The van der Waals surface area contributed by atoms with E-state index in [2.05, 4.69) is 6.07 Å². The molecule has 0 spiro atoms. The number of hydrogen-bond acceptors (Lipinski definition) is 6. The lowest BCUT2D eigenvalue weighted by Crippen LogP contribution is -2.52. The molecule has 0 bridgehead atoms. The third kappa shape index (κ3) is 3.95. The Kier molecular flexibility index (Phi) is 6.17. The topological polar surface area (TPSA) is 88.0 Å². The van der Waals surface area contributed by atoms with Gasteiger partial charge in [0.2, 0.25) is 11.8 Å². The number of carbonyl (C=O) groups excluding carboxylic acids is 3. The molecule has 0 aromatic heterocycles. The molecule has 1 saturated heterocycles. The Bertz CT molecular complexity index is 968. The van der Waals surface area contributed by atoms with Gasteiger partial charge in [-0.2, -0.15) is 5.26 Å². The average molecular weight is 436 g/mol. The number of anilines is 2. The van der Waals surface area contributed by atoms with Crippen LogP contribution in [0.2, 0.25) is 0 Å². The zero-order valence-electron chi connectivity index (χ0n) is 18.7. The van der Waals surface area contributed by atoms with E-state index in [1.165, 1.54) is 0 Å². The molecule has 0 N–H and O–H groups in total. The second-order valence-corrected chi connectivity index (χ2v) is 8.67. The van der Waals surface area contributed by atoms with Gasteiger partial charge in [0.25, 0.3) is 0 Å². The van der Waals surface area contributed by atoms with Crippen molar-refractivity contribution < 1.29 is 14.4 Å². The van der Waals surface area contributed by atoms with Gasteiger partial charge in [0, 0.05) is 59.0 Å². The van der Waals surface area contributed by atoms with Crippen LogP contribution in [0.3, 0.4) is 0 Å². The van der Waals surface area contributed by atoms with Crippen molar-refractivity contribution in [2.45, 2.75) is 32.1 Å². The van der Waals surface area contributed by atoms with Gasteiger partial charge < -0.3 is 19.6 Å². The van der Waals surface area contributed by atoms with Gasteiger partial charge in [0.05, 0.1) is 11.4 Å². The summed E-state index contributed by atoms with van der Waals surface area (Å²) < 4.78 is 0. The molecule has 32 heavy (non-hydrogen) atoms. The van der Waals surface area contributed by atoms with Crippen molar-refractivity contribution in [3.63, 3.8) is 0 Å². The number of fused-ring (bicyclic) bond motifs is 1. The number of Topliss-reactive ketones (excluding diaryl/α,β-unsaturated/α-hetero) is 1. The molecule has 1 aromatic carbocycles. The van der Waals surface area contributed by atoms with Crippen molar-refractivity contribution in [3.8, 4) is 6.07 Å². The summed E-state index contributed by atoms with van der Waals surface area (Å²) in [6, 6.07) is 9.77. The minimum absolute atomic E-state index is 0.00945. The Morgan fingerprint density at radius 3 is 2.00 bits per heavy atom. The number of nitrogens with zero attached hydrogens (tertiary/aromatic N) is 5. The first-order valence-corrected chi connectivity index (χ1v) is 11.2. The van der Waals surface area contributed by atoms with E-state index in [4.69, 9.17) is 0 Å². The van der Waals surface area contributed by atoms with Gasteiger partial charge in [-0.3, -0.25) is 14.4 Å². The lowest BCUT2D eigenvalue weighted by atomic mass is 9.84. The highest BCUT2D eigenvalue weighted by atomic mass is 16.2. The fourth-order valence-corrected chi connectivity index (χ4v) is 4.65. The Morgan fingerprint density at radius 2 is 1.50 bits per heavy atom. The number of allylic oxidation sites excluding steroid dienone is 1. The number of amides is 2. The zero-order valence-corrected chi connectivity index (χ0v) is 18.7. The normalized spacial score (nSPS) is 18.2. The molecule has 4 rings (SSSR count). The number of carbonyl (C=O) groups is 3. The lowest BCUT2D eigenvalue weighted by Gasteiger charge is -2.38. The van der Waals surface area contributed by atoms with E-state index < -0.39 is 0 Å². The van der Waals surface area contributed by atoms with Crippen LogP contribution in [0.1, 0.15) is 32.1 Å². The molecule has 8 nitrogen and oxygen atoms in total. The fraction of sp³-hybridized carbons (Fsp3) is 0.500. The van der Waals surface area contributed by atoms with Crippen LogP contribution in [0.4, 0.5) is 11.4 Å². The molecule has 8 heteroatoms. The molecule has 2 aliphatic heterocycles. The Hall–Kier alpha value is -3.34. The van der Waals surface area contributed by atoms with Gasteiger partial charge in [-0.1, -0.05) is 18.6 Å². The van der Waals surface area contributed by atoms with Crippen LogP contribution in [0.15, 0.2) is 35.7 Å². The quantitative estimate of drug-likeness (QED) is 0.520. The Balaban J connectivity index is 1.34. The maximum Gasteiger partial charge on any atom is 0.225 e. The van der Waals surface area contributed by atoms with Crippen molar-refractivity contribution in [1.29, 1.82) is 5.26 Å². The molecular formula is C24H29N5O3. The van der Waals surface area contributed by atoms with E-state index in [0.29, 0.717) is 32.0 Å². The largest absolute Gasteiger partial charge is 0.339 e. The predicted octanol–water partition coefficient (Wildman–Crippen LogP) is 2.13. The third-order valence-electron chi connectivity index (χ3n) is 6.82. The second kappa shape index (κ2) is 9.03. The summed E-state index contributed by atoms with van der Waals surface area (Å²) in [7, 11) is 3.66. The van der Waals surface area contributed by atoms with E-state index >= 15 is 0 Å². The maximum atomic E-state index is 12.9. The van der Waals surface area contributed by atoms with Gasteiger partial charge in [-0.25, -0.2) is 0 Å². The van der Waals surface area contributed by atoms with Gasteiger partial charge in [-0.05, 0) is 25.0 Å². The molecule has 1 aromatic rings. The molecule has 0 atom stereocenters. The van der Waals surface area contributed by atoms with Crippen molar-refractivity contribution in [1.82, 2.24) is 9.80 Å². The molecule has 168 valence electrons. The number of nitriles is 1. The summed E-state index contributed by atoms with van der Waals surface area (Å²) in [4.78, 5) is 45.2. The first-order valence-electron chi connectivity index (χ1n) is 11.2. The number of piperazine rings is 1. The summed E-state index contributed by atoms with van der Waals surface area (Å²) in [5.74, 6) is 0.489. The standard InChI is InChI=1S/C24H29N5O3/c1-26-19-8-3-4-9-20(19)27(2)23(26)18(16-25)21(30)10-11-22(31)28-12-14-29(15-13-28)24(32)17-6-5-7-17/h3-4,8-9,17H,5-7,10-15H2,1-2H3. The van der Waals surface area contributed by atoms with E-state index in [-0.39, 0.29) is 41.9 Å². The smallest absolute Gasteiger partial charge is 0.225 e. The van der Waals surface area contributed by atoms with Crippen molar-refractivity contribution in [2.75, 3.05) is 50.1 Å². The molecule has 1 saturated carbocycles. The van der Waals surface area contributed by atoms with Crippen LogP contribution in [0, 0.1) is 17.2 Å². The molecule has 1 aliphatic carbocycles. The van der Waals surface area contributed by atoms with Gasteiger partial charge >= 0.3 is 0 Å². The third-order valence-corrected chi connectivity index (χ3v) is 6.82. The summed E-state index contributed by atoms with van der Waals surface area (Å²) in [5, 5.41) is 9.72. The monoisotopic (exact) mass is 435 g/mol. The summed E-state index contributed by atoms with van der Waals surface area (Å²) in [6.45, 7) is 2.10. The Morgan fingerprint density at radius 1 is 0.938 bits per heavy atom. The number of benzene rings is 1. The zero-order chi connectivity index (χ0) is 22.8. The fourth-order valence-electron chi connectivity index (χ4n) is 4.65. The first-order chi connectivity index (χ1) is 15.4. The highest BCUT2D eigenvalue weighted by Crippen LogP contribution is 2.40. The van der Waals surface area contributed by atoms with Gasteiger partial charge in [0.1, 0.15) is 17.5 Å². The average Bonchev–Trinajstić information content (AvgIpc) is 3.02. The van der Waals surface area contributed by atoms with E-state index in [1.54, 1.807) is 4.90 Å².